The number of hydrogen-bond donors (Lipinski definition) is 1. The molecule has 5 nitrogen and oxygen atoms in total. The van der Waals surface area contributed by atoms with Crippen molar-refractivity contribution in [3.05, 3.63) is 53.2 Å². The fourth-order valence-corrected chi connectivity index (χ4v) is 3.37. The van der Waals surface area contributed by atoms with Crippen LogP contribution in [0.4, 0.5) is 0 Å². The maximum absolute atomic E-state index is 12.5. The van der Waals surface area contributed by atoms with Crippen molar-refractivity contribution in [3.63, 3.8) is 0 Å². The van der Waals surface area contributed by atoms with Gasteiger partial charge in [-0.25, -0.2) is 4.98 Å². The van der Waals surface area contributed by atoms with Crippen LogP contribution in [0.1, 0.15) is 47.5 Å². The lowest BCUT2D eigenvalue weighted by Crippen LogP contribution is -2.48. The van der Waals surface area contributed by atoms with Gasteiger partial charge in [0.05, 0.1) is 5.69 Å². The number of nitrogens with one attached hydrogen (secondary N) is 1. The normalized spacial score (nSPS) is 18.2. The van der Waals surface area contributed by atoms with Crippen LogP contribution in [0.5, 0.6) is 0 Å². The van der Waals surface area contributed by atoms with Gasteiger partial charge < -0.3 is 14.6 Å². The average molecular weight is 341 g/mol. The van der Waals surface area contributed by atoms with E-state index in [2.05, 4.69) is 39.5 Å². The molecule has 1 aliphatic heterocycles. The molecule has 3 rings (SSSR count). The van der Waals surface area contributed by atoms with Gasteiger partial charge in [-0.3, -0.25) is 4.79 Å². The minimum absolute atomic E-state index is 0.139. The van der Waals surface area contributed by atoms with E-state index in [0.717, 1.165) is 38.9 Å². The number of benzene rings is 1. The molecule has 1 N–H and O–H groups in total. The minimum atomic E-state index is -0.139. The van der Waals surface area contributed by atoms with Gasteiger partial charge in [0, 0.05) is 25.6 Å². The Morgan fingerprint density at radius 2 is 2.16 bits per heavy atom. The van der Waals surface area contributed by atoms with E-state index in [-0.39, 0.29) is 11.9 Å². The van der Waals surface area contributed by atoms with Crippen molar-refractivity contribution in [2.75, 3.05) is 19.6 Å². The number of rotatable bonds is 6. The van der Waals surface area contributed by atoms with Gasteiger partial charge in [-0.05, 0) is 38.3 Å². The third-order valence-corrected chi connectivity index (χ3v) is 4.75. The van der Waals surface area contributed by atoms with Crippen molar-refractivity contribution in [2.24, 2.45) is 0 Å². The highest BCUT2D eigenvalue weighted by Crippen LogP contribution is 2.14. The number of oxazole rings is 1. The Morgan fingerprint density at radius 1 is 1.36 bits per heavy atom. The maximum atomic E-state index is 12.5. The Labute approximate surface area is 149 Å². The first-order valence-electron chi connectivity index (χ1n) is 9.19. The molecule has 1 aromatic carbocycles. The highest BCUT2D eigenvalue weighted by Gasteiger charge is 2.24. The van der Waals surface area contributed by atoms with Crippen molar-refractivity contribution in [2.45, 2.75) is 45.6 Å². The van der Waals surface area contributed by atoms with Crippen molar-refractivity contribution >= 4 is 5.91 Å². The molecule has 0 bridgehead atoms. The van der Waals surface area contributed by atoms with E-state index in [4.69, 9.17) is 4.42 Å². The average Bonchev–Trinajstić information content (AvgIpc) is 3.02. The SMILES string of the molecule is CCc1nc(C)c(C(=O)N[C@@H]2CCCN(CCc3ccccc3)C2)o1. The molecule has 2 aromatic rings. The molecule has 1 atom stereocenters. The van der Waals surface area contributed by atoms with Gasteiger partial charge in [-0.15, -0.1) is 0 Å². The highest BCUT2D eigenvalue weighted by molar-refractivity contribution is 5.92. The number of likely N-dealkylation sites (tertiary alicyclic amines) is 1. The van der Waals surface area contributed by atoms with E-state index < -0.39 is 0 Å². The third-order valence-electron chi connectivity index (χ3n) is 4.75. The molecule has 0 aliphatic carbocycles. The second-order valence-electron chi connectivity index (χ2n) is 6.72. The summed E-state index contributed by atoms with van der Waals surface area (Å²) < 4.78 is 5.56. The fraction of sp³-hybridized carbons (Fsp3) is 0.500. The van der Waals surface area contributed by atoms with E-state index in [9.17, 15) is 4.79 Å². The Morgan fingerprint density at radius 3 is 2.88 bits per heavy atom. The van der Waals surface area contributed by atoms with Crippen LogP contribution in [0.3, 0.4) is 0 Å². The molecular weight excluding hydrogens is 314 g/mol. The number of carbonyl (C=O) groups is 1. The maximum Gasteiger partial charge on any atom is 0.289 e. The van der Waals surface area contributed by atoms with Gasteiger partial charge in [0.25, 0.3) is 5.91 Å². The summed E-state index contributed by atoms with van der Waals surface area (Å²) in [5.41, 5.74) is 2.03. The number of piperidine rings is 1. The summed E-state index contributed by atoms with van der Waals surface area (Å²) in [5, 5.41) is 3.13. The second-order valence-corrected chi connectivity index (χ2v) is 6.72. The quantitative estimate of drug-likeness (QED) is 0.877. The number of aryl methyl sites for hydroxylation is 2. The molecule has 134 valence electrons. The molecule has 1 aliphatic rings. The van der Waals surface area contributed by atoms with E-state index in [0.29, 0.717) is 23.8 Å². The monoisotopic (exact) mass is 341 g/mol. The van der Waals surface area contributed by atoms with Gasteiger partial charge in [0.1, 0.15) is 0 Å². The number of amides is 1. The summed E-state index contributed by atoms with van der Waals surface area (Å²) in [7, 11) is 0. The summed E-state index contributed by atoms with van der Waals surface area (Å²) in [6.07, 6.45) is 3.87. The Kier molecular flexibility index (Phi) is 5.87. The number of aromatic nitrogens is 1. The fourth-order valence-electron chi connectivity index (χ4n) is 3.37. The van der Waals surface area contributed by atoms with Crippen molar-refractivity contribution in [1.82, 2.24) is 15.2 Å². The van der Waals surface area contributed by atoms with Crippen molar-refractivity contribution in [1.29, 1.82) is 0 Å². The first-order valence-corrected chi connectivity index (χ1v) is 9.19. The summed E-state index contributed by atoms with van der Waals surface area (Å²) in [6.45, 7) is 6.81. The lowest BCUT2D eigenvalue weighted by molar-refractivity contribution is 0.0873. The molecule has 1 aromatic heterocycles. The molecular formula is C20H27N3O2. The van der Waals surface area contributed by atoms with Crippen LogP contribution in [-0.2, 0) is 12.8 Å². The number of carbonyl (C=O) groups excluding carboxylic acids is 1. The van der Waals surface area contributed by atoms with Gasteiger partial charge in [0.2, 0.25) is 5.76 Å². The number of hydrogen-bond acceptors (Lipinski definition) is 4. The standard InChI is InChI=1S/C20H27N3O2/c1-3-18-21-15(2)19(25-18)20(24)22-17-10-7-12-23(14-17)13-11-16-8-5-4-6-9-16/h4-6,8-9,17H,3,7,10-14H2,1-2H3,(H,22,24)/t17-/m1/s1. The van der Waals surface area contributed by atoms with Gasteiger partial charge in [0.15, 0.2) is 5.89 Å². The van der Waals surface area contributed by atoms with Crippen LogP contribution in [0.2, 0.25) is 0 Å². The number of nitrogens with zero attached hydrogens (tertiary/aromatic N) is 2. The predicted molar refractivity (Wildman–Crippen MR) is 97.7 cm³/mol. The van der Waals surface area contributed by atoms with Crippen LogP contribution in [0.15, 0.2) is 34.7 Å². The summed E-state index contributed by atoms with van der Waals surface area (Å²) in [6, 6.07) is 10.7. The summed E-state index contributed by atoms with van der Waals surface area (Å²) in [4.78, 5) is 19.2. The minimum Gasteiger partial charge on any atom is -0.435 e. The highest BCUT2D eigenvalue weighted by atomic mass is 16.4. The zero-order valence-electron chi connectivity index (χ0n) is 15.1. The van der Waals surface area contributed by atoms with Gasteiger partial charge >= 0.3 is 0 Å². The van der Waals surface area contributed by atoms with Crippen LogP contribution < -0.4 is 5.32 Å². The van der Waals surface area contributed by atoms with E-state index in [1.807, 2.05) is 19.9 Å². The molecule has 5 heteroatoms. The van der Waals surface area contributed by atoms with E-state index in [1.54, 1.807) is 0 Å². The van der Waals surface area contributed by atoms with Gasteiger partial charge in [-0.2, -0.15) is 0 Å². The topological polar surface area (TPSA) is 58.4 Å². The summed E-state index contributed by atoms with van der Waals surface area (Å²) >= 11 is 0. The molecule has 25 heavy (non-hydrogen) atoms. The lowest BCUT2D eigenvalue weighted by atomic mass is 10.0. The molecule has 2 heterocycles. The molecule has 1 fully saturated rings. The lowest BCUT2D eigenvalue weighted by Gasteiger charge is -2.33. The molecule has 1 amide bonds. The Hall–Kier alpha value is -2.14. The van der Waals surface area contributed by atoms with Crippen molar-refractivity contribution < 1.29 is 9.21 Å². The van der Waals surface area contributed by atoms with Crippen LogP contribution in [-0.4, -0.2) is 41.5 Å². The molecule has 0 spiro atoms. The zero-order valence-corrected chi connectivity index (χ0v) is 15.1. The van der Waals surface area contributed by atoms with Crippen molar-refractivity contribution in [3.8, 4) is 0 Å². The largest absolute Gasteiger partial charge is 0.435 e. The molecule has 1 saturated heterocycles. The zero-order chi connectivity index (χ0) is 17.6. The Bertz CT molecular complexity index is 696. The smallest absolute Gasteiger partial charge is 0.289 e. The van der Waals surface area contributed by atoms with Crippen LogP contribution in [0, 0.1) is 6.92 Å². The first kappa shape index (κ1) is 17.7. The van der Waals surface area contributed by atoms with Crippen LogP contribution >= 0.6 is 0 Å². The third kappa shape index (κ3) is 4.69. The van der Waals surface area contributed by atoms with E-state index >= 15 is 0 Å². The molecule has 0 saturated carbocycles. The van der Waals surface area contributed by atoms with E-state index in [1.165, 1.54) is 5.56 Å². The predicted octanol–water partition coefficient (Wildman–Crippen LogP) is 2.98. The molecule has 0 radical (unpaired) electrons. The second kappa shape index (κ2) is 8.30. The summed E-state index contributed by atoms with van der Waals surface area (Å²) in [5.74, 6) is 0.841. The van der Waals surface area contributed by atoms with Crippen LogP contribution in [0.25, 0.3) is 0 Å². The first-order chi connectivity index (χ1) is 12.2. The molecule has 0 unspecified atom stereocenters. The van der Waals surface area contributed by atoms with Gasteiger partial charge in [-0.1, -0.05) is 37.3 Å². The Balaban J connectivity index is 1.52.